The van der Waals surface area contributed by atoms with Crippen LogP contribution in [0.5, 0.6) is 11.5 Å². The molecular formula is C22H34N2O8Si. The third kappa shape index (κ3) is 5.71. The van der Waals surface area contributed by atoms with Gasteiger partial charge in [-0.25, -0.2) is 0 Å². The molecule has 1 aromatic rings. The van der Waals surface area contributed by atoms with Gasteiger partial charge >= 0.3 is 0 Å². The van der Waals surface area contributed by atoms with E-state index in [-0.39, 0.29) is 41.0 Å². The van der Waals surface area contributed by atoms with Gasteiger partial charge in [-0.1, -0.05) is 20.8 Å². The lowest BCUT2D eigenvalue weighted by Crippen LogP contribution is -2.46. The van der Waals surface area contributed by atoms with Crippen molar-refractivity contribution in [3.63, 3.8) is 0 Å². The van der Waals surface area contributed by atoms with Crippen LogP contribution in [0.3, 0.4) is 0 Å². The van der Waals surface area contributed by atoms with Crippen molar-refractivity contribution in [3.8, 4) is 11.5 Å². The first-order valence-electron chi connectivity index (χ1n) is 10.8. The number of nitro groups is 1. The maximum Gasteiger partial charge on any atom is 0.286 e. The summed E-state index contributed by atoms with van der Waals surface area (Å²) >= 11 is 0. The van der Waals surface area contributed by atoms with Gasteiger partial charge in [0.25, 0.3) is 11.6 Å². The molecule has 1 amide bonds. The molecule has 2 rings (SSSR count). The monoisotopic (exact) mass is 482 g/mol. The molecule has 1 fully saturated rings. The van der Waals surface area contributed by atoms with Gasteiger partial charge in [-0.2, -0.15) is 0 Å². The number of methoxy groups -OCH3 is 2. The van der Waals surface area contributed by atoms with Gasteiger partial charge < -0.3 is 23.9 Å². The van der Waals surface area contributed by atoms with Crippen LogP contribution >= 0.6 is 0 Å². The lowest BCUT2D eigenvalue weighted by atomic mass is 10.0. The molecular weight excluding hydrogens is 448 g/mol. The van der Waals surface area contributed by atoms with Crippen LogP contribution < -0.4 is 9.47 Å². The predicted molar refractivity (Wildman–Crippen MR) is 124 cm³/mol. The average molecular weight is 483 g/mol. The van der Waals surface area contributed by atoms with Crippen molar-refractivity contribution in [1.82, 2.24) is 4.90 Å². The molecule has 0 bridgehead atoms. The lowest BCUT2D eigenvalue weighted by Gasteiger charge is -2.38. The number of hydrogen-bond donors (Lipinski definition) is 1. The Kier molecular flexibility index (Phi) is 8.25. The quantitative estimate of drug-likeness (QED) is 0.323. The molecule has 0 unspecified atom stereocenters. The van der Waals surface area contributed by atoms with E-state index in [9.17, 15) is 24.8 Å². The maximum absolute atomic E-state index is 13.5. The fraction of sp³-hybridized carbons (Fsp3) is 0.636. The lowest BCUT2D eigenvalue weighted by molar-refractivity contribution is -0.385. The Balaban J connectivity index is 2.44. The molecule has 1 N–H and O–H groups in total. The molecule has 10 nitrogen and oxygen atoms in total. The van der Waals surface area contributed by atoms with Crippen LogP contribution in [0.4, 0.5) is 5.69 Å². The summed E-state index contributed by atoms with van der Waals surface area (Å²) in [6, 6.07) is 1.98. The second-order valence-electron chi connectivity index (χ2n) is 9.72. The largest absolute Gasteiger partial charge is 0.493 e. The zero-order chi connectivity index (χ0) is 25.1. The Bertz CT molecular complexity index is 912. The number of nitrogens with zero attached hydrogens (tertiary/aromatic N) is 2. The summed E-state index contributed by atoms with van der Waals surface area (Å²) in [5.41, 5.74) is -0.578. The van der Waals surface area contributed by atoms with E-state index in [1.807, 2.05) is 0 Å². The van der Waals surface area contributed by atoms with Crippen LogP contribution in [-0.2, 0) is 9.22 Å². The summed E-state index contributed by atoms with van der Waals surface area (Å²) in [6.45, 7) is 10.1. The molecule has 0 spiro atoms. The van der Waals surface area contributed by atoms with E-state index in [4.69, 9.17) is 13.9 Å². The molecule has 1 heterocycles. The van der Waals surface area contributed by atoms with Crippen molar-refractivity contribution in [2.45, 2.75) is 51.4 Å². The molecule has 0 saturated carbocycles. The highest BCUT2D eigenvalue weighted by Crippen LogP contribution is 2.39. The van der Waals surface area contributed by atoms with Crippen LogP contribution in [0.2, 0.25) is 18.1 Å². The van der Waals surface area contributed by atoms with Gasteiger partial charge in [0.15, 0.2) is 25.6 Å². The molecule has 0 radical (unpaired) electrons. The van der Waals surface area contributed by atoms with E-state index >= 15 is 0 Å². The van der Waals surface area contributed by atoms with Gasteiger partial charge in [0, 0.05) is 18.5 Å². The molecule has 33 heavy (non-hydrogen) atoms. The zero-order valence-electron chi connectivity index (χ0n) is 20.3. The van der Waals surface area contributed by atoms with Gasteiger partial charge in [-0.15, -0.1) is 0 Å². The summed E-state index contributed by atoms with van der Waals surface area (Å²) in [5.74, 6) is -1.22. The third-order valence-electron chi connectivity index (χ3n) is 6.66. The number of ether oxygens (including phenoxy) is 2. The first kappa shape index (κ1) is 26.7. The Hall–Kier alpha value is -2.50. The number of amides is 1. The van der Waals surface area contributed by atoms with Crippen molar-refractivity contribution in [2.24, 2.45) is 5.92 Å². The van der Waals surface area contributed by atoms with Gasteiger partial charge in [0.1, 0.15) is 12.2 Å². The SMILES string of the molecule is COc1cc(C(=O)N2C[C@H](C(=O)CO)C[C@H]2CO[Si](C)(C)C(C)(C)C)c([N+](=O)[O-])cc1OC. The number of aliphatic hydroxyl groups excluding tert-OH is 1. The Labute approximate surface area is 195 Å². The second kappa shape index (κ2) is 10.2. The molecule has 184 valence electrons. The fourth-order valence-corrected chi connectivity index (χ4v) is 4.59. The minimum atomic E-state index is -2.15. The van der Waals surface area contributed by atoms with Gasteiger partial charge in [-0.3, -0.25) is 19.7 Å². The molecule has 1 aliphatic heterocycles. The number of Topliss-reactive ketones (excluding diaryl/α,β-unsaturated/α-hetero) is 1. The Morgan fingerprint density at radius 1 is 1.21 bits per heavy atom. The van der Waals surface area contributed by atoms with E-state index in [1.165, 1.54) is 25.2 Å². The van der Waals surface area contributed by atoms with Crippen LogP contribution in [0.25, 0.3) is 0 Å². The summed E-state index contributed by atoms with van der Waals surface area (Å²) in [7, 11) is 0.578. The van der Waals surface area contributed by atoms with E-state index in [2.05, 4.69) is 33.9 Å². The number of carbonyl (C=O) groups excluding carboxylic acids is 2. The highest BCUT2D eigenvalue weighted by molar-refractivity contribution is 6.74. The molecule has 0 aromatic heterocycles. The summed E-state index contributed by atoms with van der Waals surface area (Å²) in [6.07, 6.45) is 0.320. The van der Waals surface area contributed by atoms with Crippen LogP contribution in [-0.4, -0.2) is 75.0 Å². The third-order valence-corrected chi connectivity index (χ3v) is 11.2. The minimum absolute atomic E-state index is 0.0508. The number of carbonyl (C=O) groups is 2. The molecule has 11 heteroatoms. The number of rotatable bonds is 9. The van der Waals surface area contributed by atoms with E-state index in [1.54, 1.807) is 0 Å². The van der Waals surface area contributed by atoms with Crippen LogP contribution in [0.1, 0.15) is 37.6 Å². The van der Waals surface area contributed by atoms with Crippen molar-refractivity contribution in [3.05, 3.63) is 27.8 Å². The molecule has 1 aliphatic rings. The number of nitro benzene ring substituents is 1. The van der Waals surface area contributed by atoms with Crippen LogP contribution in [0.15, 0.2) is 12.1 Å². The first-order chi connectivity index (χ1) is 15.3. The number of benzene rings is 1. The zero-order valence-corrected chi connectivity index (χ0v) is 21.3. The Morgan fingerprint density at radius 3 is 2.27 bits per heavy atom. The van der Waals surface area contributed by atoms with Gasteiger partial charge in [-0.05, 0) is 24.6 Å². The molecule has 1 aromatic carbocycles. The number of aliphatic hydroxyl groups is 1. The highest BCUT2D eigenvalue weighted by Gasteiger charge is 2.43. The summed E-state index contributed by atoms with van der Waals surface area (Å²) in [4.78, 5) is 38.3. The topological polar surface area (TPSA) is 128 Å². The standard InChI is InChI=1S/C22H34N2O8Si/c1-22(2,3)33(6,7)32-13-15-8-14(18(26)12-25)11-23(15)21(27)16-9-19(30-4)20(31-5)10-17(16)24(28)29/h9-10,14-15,25H,8,11-13H2,1-7H3/t14-,15+/m1/s1. The normalized spacial score (nSPS) is 18.8. The van der Waals surface area contributed by atoms with Crippen molar-refractivity contribution >= 4 is 25.7 Å². The summed E-state index contributed by atoms with van der Waals surface area (Å²) in [5, 5.41) is 21.0. The van der Waals surface area contributed by atoms with Crippen molar-refractivity contribution in [1.29, 1.82) is 0 Å². The fourth-order valence-electron chi connectivity index (χ4n) is 3.55. The highest BCUT2D eigenvalue weighted by atomic mass is 28.4. The minimum Gasteiger partial charge on any atom is -0.493 e. The van der Waals surface area contributed by atoms with E-state index in [0.717, 1.165) is 6.07 Å². The van der Waals surface area contributed by atoms with Gasteiger partial charge in [0.05, 0.1) is 37.9 Å². The first-order valence-corrected chi connectivity index (χ1v) is 13.7. The predicted octanol–water partition coefficient (Wildman–Crippen LogP) is 3.03. The van der Waals surface area contributed by atoms with Crippen LogP contribution in [0, 0.1) is 16.0 Å². The molecule has 1 saturated heterocycles. The van der Waals surface area contributed by atoms with E-state index < -0.39 is 43.4 Å². The van der Waals surface area contributed by atoms with E-state index in [0.29, 0.717) is 6.42 Å². The van der Waals surface area contributed by atoms with Gasteiger partial charge in [0.2, 0.25) is 0 Å². The smallest absolute Gasteiger partial charge is 0.286 e. The molecule has 0 aliphatic carbocycles. The second-order valence-corrected chi connectivity index (χ2v) is 14.5. The number of hydrogen-bond acceptors (Lipinski definition) is 8. The summed E-state index contributed by atoms with van der Waals surface area (Å²) < 4.78 is 16.7. The average Bonchev–Trinajstić information content (AvgIpc) is 3.19. The Morgan fingerprint density at radius 2 is 1.79 bits per heavy atom. The number of ketones is 1. The number of likely N-dealkylation sites (tertiary alicyclic amines) is 1. The van der Waals surface area contributed by atoms with Crippen molar-refractivity contribution in [2.75, 3.05) is 34.0 Å². The maximum atomic E-state index is 13.5. The molecule has 2 atom stereocenters. The van der Waals surface area contributed by atoms with Crippen molar-refractivity contribution < 1.29 is 33.5 Å².